The molecule has 1 atom stereocenters. The molecule has 1 saturated carbocycles. The molecule has 2 heteroatoms. The molecule has 0 aliphatic heterocycles. The number of fused-ring (bicyclic) bond motifs is 1. The van der Waals surface area contributed by atoms with Gasteiger partial charge in [-0.1, -0.05) is 44.4 Å². The third-order valence-electron chi connectivity index (χ3n) is 5.32. The van der Waals surface area contributed by atoms with Crippen molar-refractivity contribution in [1.29, 1.82) is 0 Å². The maximum Gasteiger partial charge on any atom is 0.137 e. The average Bonchev–Trinajstić information content (AvgIpc) is 2.94. The predicted molar refractivity (Wildman–Crippen MR) is 88.5 cm³/mol. The molecule has 2 nitrogen and oxygen atoms in total. The van der Waals surface area contributed by atoms with E-state index in [1.54, 1.807) is 0 Å². The van der Waals surface area contributed by atoms with E-state index in [-0.39, 0.29) is 0 Å². The van der Waals surface area contributed by atoms with E-state index in [0.717, 1.165) is 17.3 Å². The van der Waals surface area contributed by atoms with Gasteiger partial charge in [0, 0.05) is 5.39 Å². The molecule has 1 N–H and O–H groups in total. The number of furan rings is 1. The van der Waals surface area contributed by atoms with Crippen LogP contribution in [0.4, 0.5) is 0 Å². The fourth-order valence-electron chi connectivity index (χ4n) is 3.92. The summed E-state index contributed by atoms with van der Waals surface area (Å²) in [4.78, 5) is 0. The first kappa shape index (κ1) is 14.6. The van der Waals surface area contributed by atoms with Gasteiger partial charge in [-0.25, -0.2) is 0 Å². The van der Waals surface area contributed by atoms with Crippen LogP contribution in [-0.4, -0.2) is 7.05 Å². The summed E-state index contributed by atoms with van der Waals surface area (Å²) in [6.07, 6.45) is 6.72. The fraction of sp³-hybridized carbons (Fsp3) is 0.579. The second-order valence-corrected chi connectivity index (χ2v) is 6.60. The lowest BCUT2D eigenvalue weighted by Gasteiger charge is -2.32. The van der Waals surface area contributed by atoms with Crippen LogP contribution in [0.15, 0.2) is 28.7 Å². The van der Waals surface area contributed by atoms with Gasteiger partial charge >= 0.3 is 0 Å². The minimum atomic E-state index is 0.356. The van der Waals surface area contributed by atoms with E-state index in [1.807, 2.05) is 0 Å². The molecule has 1 aromatic carbocycles. The third-order valence-corrected chi connectivity index (χ3v) is 5.32. The molecule has 21 heavy (non-hydrogen) atoms. The van der Waals surface area contributed by atoms with Crippen LogP contribution in [0.3, 0.4) is 0 Å². The molecule has 0 bridgehead atoms. The van der Waals surface area contributed by atoms with Gasteiger partial charge in [0.2, 0.25) is 0 Å². The molecule has 0 radical (unpaired) electrons. The summed E-state index contributed by atoms with van der Waals surface area (Å²) in [5.41, 5.74) is 2.28. The van der Waals surface area contributed by atoms with Gasteiger partial charge in [-0.05, 0) is 50.3 Å². The molecule has 1 aliphatic rings. The van der Waals surface area contributed by atoms with Crippen molar-refractivity contribution in [1.82, 2.24) is 5.32 Å². The lowest BCUT2D eigenvalue weighted by molar-refractivity contribution is 0.210. The Hall–Kier alpha value is -1.28. The van der Waals surface area contributed by atoms with E-state index in [4.69, 9.17) is 4.42 Å². The van der Waals surface area contributed by atoms with Crippen LogP contribution < -0.4 is 5.32 Å². The standard InChI is InChI=1S/C19H27NO/c1-4-14-8-10-15(11-9-14)18(20-3)17-12-16-7-5-6-13(2)19(16)21-17/h5-7,12,14-15,18,20H,4,8-11H2,1-3H3. The second-order valence-electron chi connectivity index (χ2n) is 6.60. The van der Waals surface area contributed by atoms with Crippen molar-refractivity contribution in [3.05, 3.63) is 35.6 Å². The highest BCUT2D eigenvalue weighted by Gasteiger charge is 2.29. The van der Waals surface area contributed by atoms with Gasteiger partial charge in [-0.3, -0.25) is 0 Å². The quantitative estimate of drug-likeness (QED) is 0.833. The molecule has 0 saturated heterocycles. The zero-order valence-corrected chi connectivity index (χ0v) is 13.5. The van der Waals surface area contributed by atoms with Crippen molar-refractivity contribution < 1.29 is 4.42 Å². The molecular weight excluding hydrogens is 258 g/mol. The fourth-order valence-corrected chi connectivity index (χ4v) is 3.92. The molecule has 1 aromatic heterocycles. The minimum absolute atomic E-state index is 0.356. The Morgan fingerprint density at radius 3 is 2.62 bits per heavy atom. The SMILES string of the molecule is CCC1CCC(C(NC)c2cc3cccc(C)c3o2)CC1. The van der Waals surface area contributed by atoms with Crippen LogP contribution >= 0.6 is 0 Å². The zero-order chi connectivity index (χ0) is 14.8. The number of rotatable bonds is 4. The summed E-state index contributed by atoms with van der Waals surface area (Å²) in [6.45, 7) is 4.44. The van der Waals surface area contributed by atoms with Gasteiger partial charge in [0.25, 0.3) is 0 Å². The van der Waals surface area contributed by atoms with E-state index in [1.165, 1.54) is 43.1 Å². The van der Waals surface area contributed by atoms with E-state index in [2.05, 4.69) is 50.5 Å². The van der Waals surface area contributed by atoms with Crippen molar-refractivity contribution in [2.45, 2.75) is 52.0 Å². The summed E-state index contributed by atoms with van der Waals surface area (Å²) in [5.74, 6) is 2.76. The highest BCUT2D eigenvalue weighted by Crippen LogP contribution is 2.39. The van der Waals surface area contributed by atoms with Crippen LogP contribution in [0.2, 0.25) is 0 Å². The van der Waals surface area contributed by atoms with E-state index >= 15 is 0 Å². The van der Waals surface area contributed by atoms with Crippen molar-refractivity contribution in [3.8, 4) is 0 Å². The Morgan fingerprint density at radius 2 is 2.00 bits per heavy atom. The number of aryl methyl sites for hydroxylation is 1. The van der Waals surface area contributed by atoms with Gasteiger partial charge in [-0.2, -0.15) is 0 Å². The molecule has 2 aromatic rings. The van der Waals surface area contributed by atoms with Crippen molar-refractivity contribution in [2.24, 2.45) is 11.8 Å². The molecule has 1 aliphatic carbocycles. The second kappa shape index (κ2) is 6.23. The normalized spacial score (nSPS) is 24.3. The molecule has 3 rings (SSSR count). The average molecular weight is 285 g/mol. The Balaban J connectivity index is 1.83. The molecule has 0 spiro atoms. The summed E-state index contributed by atoms with van der Waals surface area (Å²) in [7, 11) is 2.07. The molecule has 1 heterocycles. The monoisotopic (exact) mass is 285 g/mol. The molecule has 0 amide bonds. The Labute approximate surface area is 127 Å². The third kappa shape index (κ3) is 2.87. The van der Waals surface area contributed by atoms with Crippen molar-refractivity contribution in [3.63, 3.8) is 0 Å². The molecule has 1 fully saturated rings. The Bertz CT molecular complexity index is 593. The summed E-state index contributed by atoms with van der Waals surface area (Å²) in [5, 5.41) is 4.74. The topological polar surface area (TPSA) is 25.2 Å². The maximum atomic E-state index is 6.20. The largest absolute Gasteiger partial charge is 0.459 e. The lowest BCUT2D eigenvalue weighted by atomic mass is 9.77. The molecule has 114 valence electrons. The maximum absolute atomic E-state index is 6.20. The number of hydrogen-bond donors (Lipinski definition) is 1. The van der Waals surface area contributed by atoms with Gasteiger partial charge in [0.15, 0.2) is 0 Å². The van der Waals surface area contributed by atoms with Crippen LogP contribution in [0, 0.1) is 18.8 Å². The van der Waals surface area contributed by atoms with Gasteiger partial charge in [-0.15, -0.1) is 0 Å². The van der Waals surface area contributed by atoms with Crippen LogP contribution in [0.1, 0.15) is 56.4 Å². The minimum Gasteiger partial charge on any atom is -0.459 e. The Kier molecular flexibility index (Phi) is 4.34. The number of para-hydroxylation sites is 1. The smallest absolute Gasteiger partial charge is 0.137 e. The summed E-state index contributed by atoms with van der Waals surface area (Å²) in [6, 6.07) is 8.97. The molecule has 1 unspecified atom stereocenters. The number of benzene rings is 1. The van der Waals surface area contributed by atoms with E-state index in [0.29, 0.717) is 12.0 Å². The lowest BCUT2D eigenvalue weighted by Crippen LogP contribution is -2.28. The highest BCUT2D eigenvalue weighted by molar-refractivity contribution is 5.81. The highest BCUT2D eigenvalue weighted by atomic mass is 16.3. The van der Waals surface area contributed by atoms with Crippen LogP contribution in [0.25, 0.3) is 11.0 Å². The first-order valence-corrected chi connectivity index (χ1v) is 8.39. The number of nitrogens with one attached hydrogen (secondary N) is 1. The van der Waals surface area contributed by atoms with E-state index in [9.17, 15) is 0 Å². The van der Waals surface area contributed by atoms with Crippen LogP contribution in [0.5, 0.6) is 0 Å². The summed E-state index contributed by atoms with van der Waals surface area (Å²) < 4.78 is 6.20. The van der Waals surface area contributed by atoms with Crippen molar-refractivity contribution in [2.75, 3.05) is 7.05 Å². The van der Waals surface area contributed by atoms with Crippen molar-refractivity contribution >= 4 is 11.0 Å². The van der Waals surface area contributed by atoms with E-state index < -0.39 is 0 Å². The van der Waals surface area contributed by atoms with Gasteiger partial charge < -0.3 is 9.73 Å². The summed E-state index contributed by atoms with van der Waals surface area (Å²) >= 11 is 0. The molecular formula is C19H27NO. The zero-order valence-electron chi connectivity index (χ0n) is 13.5. The first-order valence-electron chi connectivity index (χ1n) is 8.39. The first-order chi connectivity index (χ1) is 10.2. The van der Waals surface area contributed by atoms with Crippen LogP contribution in [-0.2, 0) is 0 Å². The predicted octanol–water partition coefficient (Wildman–Crippen LogP) is 5.22. The van der Waals surface area contributed by atoms with Gasteiger partial charge in [0.1, 0.15) is 11.3 Å². The van der Waals surface area contributed by atoms with Gasteiger partial charge in [0.05, 0.1) is 6.04 Å². The Morgan fingerprint density at radius 1 is 1.24 bits per heavy atom. The number of hydrogen-bond acceptors (Lipinski definition) is 2.